The Balaban J connectivity index is 1.82. The molecular formula is C17H22N6O2. The van der Waals surface area contributed by atoms with Crippen molar-refractivity contribution in [2.45, 2.75) is 32.0 Å². The van der Waals surface area contributed by atoms with Crippen molar-refractivity contribution in [2.75, 3.05) is 13.6 Å². The molecule has 0 saturated carbocycles. The van der Waals surface area contributed by atoms with E-state index in [1.54, 1.807) is 18.7 Å². The van der Waals surface area contributed by atoms with Crippen LogP contribution >= 0.6 is 0 Å². The van der Waals surface area contributed by atoms with Gasteiger partial charge in [-0.15, -0.1) is 5.10 Å². The third kappa shape index (κ3) is 3.39. The monoisotopic (exact) mass is 342 g/mol. The Labute approximate surface area is 146 Å². The molecule has 0 spiro atoms. The van der Waals surface area contributed by atoms with Gasteiger partial charge >= 0.3 is 0 Å². The number of hydrogen-bond donors (Lipinski definition) is 2. The lowest BCUT2D eigenvalue weighted by molar-refractivity contribution is -0.124. The number of rotatable bonds is 4. The zero-order chi connectivity index (χ0) is 18.0. The molecule has 1 aliphatic heterocycles. The molecule has 1 aromatic heterocycles. The quantitative estimate of drug-likeness (QED) is 0.808. The second kappa shape index (κ2) is 7.02. The molecule has 25 heavy (non-hydrogen) atoms. The van der Waals surface area contributed by atoms with Crippen molar-refractivity contribution in [3.05, 3.63) is 47.3 Å². The highest BCUT2D eigenvalue weighted by atomic mass is 16.2. The molecular weight excluding hydrogens is 320 g/mol. The van der Waals surface area contributed by atoms with Crippen molar-refractivity contribution in [1.82, 2.24) is 25.2 Å². The first-order valence-electron chi connectivity index (χ1n) is 8.23. The molecule has 0 unspecified atom stereocenters. The van der Waals surface area contributed by atoms with Crippen molar-refractivity contribution in [3.8, 4) is 0 Å². The normalized spacial score (nSPS) is 19.9. The summed E-state index contributed by atoms with van der Waals surface area (Å²) < 4.78 is 1.69. The Bertz CT molecular complexity index is 773. The maximum atomic E-state index is 12.9. The summed E-state index contributed by atoms with van der Waals surface area (Å²) in [4.78, 5) is 26.4. The van der Waals surface area contributed by atoms with E-state index in [-0.39, 0.29) is 23.6 Å². The molecule has 3 N–H and O–H groups in total. The lowest BCUT2D eigenvalue weighted by Crippen LogP contribution is -2.45. The van der Waals surface area contributed by atoms with Crippen LogP contribution in [0.5, 0.6) is 0 Å². The molecule has 1 fully saturated rings. The smallest absolute Gasteiger partial charge is 0.277 e. The highest BCUT2D eigenvalue weighted by molar-refractivity contribution is 5.97. The number of aromatic nitrogens is 3. The van der Waals surface area contributed by atoms with Crippen molar-refractivity contribution in [3.63, 3.8) is 0 Å². The Hall–Kier alpha value is -2.74. The van der Waals surface area contributed by atoms with E-state index >= 15 is 0 Å². The van der Waals surface area contributed by atoms with E-state index < -0.39 is 6.04 Å². The molecule has 1 aliphatic rings. The number of nitrogens with one attached hydrogen (secondary N) is 1. The fourth-order valence-corrected chi connectivity index (χ4v) is 3.11. The average Bonchev–Trinajstić information content (AvgIpc) is 3.18. The molecule has 8 nitrogen and oxygen atoms in total. The largest absolute Gasteiger partial charge is 0.357 e. The summed E-state index contributed by atoms with van der Waals surface area (Å²) in [6.45, 7) is 2.67. The molecule has 0 bridgehead atoms. The van der Waals surface area contributed by atoms with Crippen molar-refractivity contribution >= 4 is 11.8 Å². The second-order valence-electron chi connectivity index (χ2n) is 6.25. The molecule has 3 rings (SSSR count). The summed E-state index contributed by atoms with van der Waals surface area (Å²) in [5.41, 5.74) is 7.96. The Kier molecular flexibility index (Phi) is 4.80. The summed E-state index contributed by atoms with van der Waals surface area (Å²) in [7, 11) is 1.55. The minimum Gasteiger partial charge on any atom is -0.357 e. The fraction of sp³-hybridized carbons (Fsp3) is 0.412. The third-order valence-corrected chi connectivity index (χ3v) is 4.50. The van der Waals surface area contributed by atoms with E-state index in [9.17, 15) is 9.59 Å². The van der Waals surface area contributed by atoms with Crippen molar-refractivity contribution < 1.29 is 9.59 Å². The highest BCUT2D eigenvalue weighted by Crippen LogP contribution is 2.20. The molecule has 2 amide bonds. The molecule has 0 aliphatic carbocycles. The first-order chi connectivity index (χ1) is 12.0. The van der Waals surface area contributed by atoms with Crippen LogP contribution in [0.1, 0.15) is 28.2 Å². The molecule has 2 heterocycles. The van der Waals surface area contributed by atoms with E-state index in [0.29, 0.717) is 25.2 Å². The van der Waals surface area contributed by atoms with Gasteiger partial charge in [0.2, 0.25) is 5.91 Å². The van der Waals surface area contributed by atoms with Crippen LogP contribution in [-0.4, -0.2) is 57.4 Å². The Morgan fingerprint density at radius 2 is 2.04 bits per heavy atom. The van der Waals surface area contributed by atoms with Crippen LogP contribution in [0.2, 0.25) is 0 Å². The van der Waals surface area contributed by atoms with Gasteiger partial charge in [-0.05, 0) is 18.9 Å². The van der Waals surface area contributed by atoms with Crippen LogP contribution < -0.4 is 11.1 Å². The van der Waals surface area contributed by atoms with Crippen LogP contribution in [0.4, 0.5) is 0 Å². The summed E-state index contributed by atoms with van der Waals surface area (Å²) in [5, 5.41) is 10.7. The van der Waals surface area contributed by atoms with E-state index in [1.807, 2.05) is 30.3 Å². The summed E-state index contributed by atoms with van der Waals surface area (Å²) in [6, 6.07) is 9.05. The van der Waals surface area contributed by atoms with Gasteiger partial charge in [0.05, 0.1) is 12.2 Å². The van der Waals surface area contributed by atoms with Gasteiger partial charge in [0.1, 0.15) is 6.04 Å². The first kappa shape index (κ1) is 17.1. The molecule has 2 atom stereocenters. The first-order valence-corrected chi connectivity index (χ1v) is 8.23. The van der Waals surface area contributed by atoms with Gasteiger partial charge in [0.15, 0.2) is 5.69 Å². The maximum Gasteiger partial charge on any atom is 0.277 e. The van der Waals surface area contributed by atoms with E-state index in [2.05, 4.69) is 15.6 Å². The van der Waals surface area contributed by atoms with Gasteiger partial charge in [-0.25, -0.2) is 4.68 Å². The molecule has 8 heteroatoms. The van der Waals surface area contributed by atoms with E-state index in [4.69, 9.17) is 5.73 Å². The lowest BCUT2D eigenvalue weighted by Gasteiger charge is -2.22. The molecule has 1 saturated heterocycles. The number of amides is 2. The average molecular weight is 342 g/mol. The van der Waals surface area contributed by atoms with Gasteiger partial charge in [0.25, 0.3) is 5.91 Å². The maximum absolute atomic E-state index is 12.9. The van der Waals surface area contributed by atoms with Crippen LogP contribution in [-0.2, 0) is 11.3 Å². The zero-order valence-electron chi connectivity index (χ0n) is 14.3. The summed E-state index contributed by atoms with van der Waals surface area (Å²) in [6.07, 6.45) is 0.447. The highest BCUT2D eigenvalue weighted by Gasteiger charge is 2.39. The third-order valence-electron chi connectivity index (χ3n) is 4.50. The predicted molar refractivity (Wildman–Crippen MR) is 91.8 cm³/mol. The van der Waals surface area contributed by atoms with Gasteiger partial charge in [-0.1, -0.05) is 35.5 Å². The van der Waals surface area contributed by atoms with Crippen molar-refractivity contribution in [2.24, 2.45) is 5.73 Å². The van der Waals surface area contributed by atoms with Crippen LogP contribution in [0.15, 0.2) is 30.3 Å². The fourth-order valence-electron chi connectivity index (χ4n) is 3.11. The number of nitrogens with zero attached hydrogens (tertiary/aromatic N) is 4. The van der Waals surface area contributed by atoms with Gasteiger partial charge in [-0.2, -0.15) is 0 Å². The van der Waals surface area contributed by atoms with E-state index in [1.165, 1.54) is 4.90 Å². The minimum absolute atomic E-state index is 0.212. The summed E-state index contributed by atoms with van der Waals surface area (Å²) >= 11 is 0. The minimum atomic E-state index is -0.564. The second-order valence-corrected chi connectivity index (χ2v) is 6.25. The topological polar surface area (TPSA) is 106 Å². The lowest BCUT2D eigenvalue weighted by atomic mass is 10.1. The predicted octanol–water partition coefficient (Wildman–Crippen LogP) is -0.0774. The zero-order valence-corrected chi connectivity index (χ0v) is 14.3. The van der Waals surface area contributed by atoms with Crippen LogP contribution in [0.3, 0.4) is 0 Å². The summed E-state index contributed by atoms with van der Waals surface area (Å²) in [5.74, 6) is -0.519. The number of hydrogen-bond acceptors (Lipinski definition) is 5. The molecule has 1 aromatic carbocycles. The van der Waals surface area contributed by atoms with E-state index in [0.717, 1.165) is 5.56 Å². The number of nitrogens with two attached hydrogens (primary N) is 1. The Morgan fingerprint density at radius 3 is 2.72 bits per heavy atom. The SMILES string of the molecule is CNC(=O)[C@@H]1C[C@@H](N)CN1C(=O)c1nnn(Cc2ccccc2)c1C. The number of carbonyl (C=O) groups is 2. The van der Waals surface area contributed by atoms with Crippen LogP contribution in [0, 0.1) is 6.92 Å². The number of likely N-dealkylation sites (tertiary alicyclic amines) is 1. The van der Waals surface area contributed by atoms with Gasteiger partial charge < -0.3 is 16.0 Å². The van der Waals surface area contributed by atoms with Gasteiger partial charge in [0, 0.05) is 19.6 Å². The molecule has 132 valence electrons. The molecule has 2 aromatic rings. The molecule has 0 radical (unpaired) electrons. The number of likely N-dealkylation sites (N-methyl/N-ethyl adjacent to an activating group) is 1. The number of benzene rings is 1. The van der Waals surface area contributed by atoms with Gasteiger partial charge in [-0.3, -0.25) is 9.59 Å². The Morgan fingerprint density at radius 1 is 1.32 bits per heavy atom. The van der Waals surface area contributed by atoms with Crippen LogP contribution in [0.25, 0.3) is 0 Å². The standard InChI is InChI=1S/C17H22N6O2/c1-11-15(20-21-23(11)9-12-6-4-3-5-7-12)17(25)22-10-13(18)8-14(22)16(24)19-2/h3-7,13-14H,8-10,18H2,1-2H3,(H,19,24)/t13-,14+/m1/s1. The van der Waals surface area contributed by atoms with Crippen molar-refractivity contribution in [1.29, 1.82) is 0 Å². The number of carbonyl (C=O) groups excluding carboxylic acids is 2.